The molecule has 0 fully saturated rings. The average Bonchev–Trinajstić information content (AvgIpc) is 3.23. The predicted molar refractivity (Wildman–Crippen MR) is 231 cm³/mol. The number of nitrogens with two attached hydrogens (primary N) is 4. The molecule has 0 aliphatic rings. The standard InChI is InChI=1S/C15H20BrN5O.C12H13N5O3.C12H12N4O4/c1-4-5-18-14-12(8-20-15(17)21-14)22-11-6-13(16)19-7-10(11)9(2)3;1-6-15-5-9(11(13)17-6)20-8-3-10(19-2)16-4-7(8)12(14)18;1-6-14-5-9(11(13)16-6)20-8-3-10(19-2)15-4-7(8)12(17)18/h6-9H,4-5H2,1-3H3,(H3,17,18,20,21);3-5H,1-2H3,(H2,14,18)(H2,13,15,17);3-5H,1-2H3,(H,17,18)(H2,13,14,16). The van der Waals surface area contributed by atoms with E-state index in [1.165, 1.54) is 44.9 Å². The molecule has 6 aromatic heterocycles. The number of primary amides is 1. The molecule has 22 nitrogen and oxygen atoms in total. The topological polar surface area (TPSA) is 333 Å². The normalized spacial score (nSPS) is 10.3. The van der Waals surface area contributed by atoms with E-state index in [1.54, 1.807) is 26.2 Å². The summed E-state index contributed by atoms with van der Waals surface area (Å²) in [7, 11) is 2.86. The Morgan fingerprint density at radius 3 is 1.69 bits per heavy atom. The van der Waals surface area contributed by atoms with Crippen LogP contribution >= 0.6 is 15.9 Å². The number of hydrogen-bond acceptors (Lipinski definition) is 20. The Balaban J connectivity index is 0.000000205. The van der Waals surface area contributed by atoms with Gasteiger partial charge in [0.25, 0.3) is 5.91 Å². The van der Waals surface area contributed by atoms with Gasteiger partial charge in [0, 0.05) is 48.9 Å². The number of aromatic nitrogens is 9. The first-order valence-electron chi connectivity index (χ1n) is 18.4. The summed E-state index contributed by atoms with van der Waals surface area (Å²) in [6.45, 7) is 10.4. The van der Waals surface area contributed by atoms with Gasteiger partial charge >= 0.3 is 5.97 Å². The average molecular weight is 918 g/mol. The maximum atomic E-state index is 11.3. The maximum absolute atomic E-state index is 11.3. The second-order valence-electron chi connectivity index (χ2n) is 12.8. The summed E-state index contributed by atoms with van der Waals surface area (Å²) in [5, 5.41) is 12.3. The molecule has 62 heavy (non-hydrogen) atoms. The van der Waals surface area contributed by atoms with Crippen LogP contribution in [0.3, 0.4) is 0 Å². The van der Waals surface area contributed by atoms with Gasteiger partial charge in [0.2, 0.25) is 17.7 Å². The lowest BCUT2D eigenvalue weighted by molar-refractivity contribution is 0.0693. The third kappa shape index (κ3) is 13.2. The lowest BCUT2D eigenvalue weighted by Gasteiger charge is -2.16. The number of ether oxygens (including phenoxy) is 5. The van der Waals surface area contributed by atoms with Crippen molar-refractivity contribution in [3.8, 4) is 46.3 Å². The maximum Gasteiger partial charge on any atom is 0.341 e. The number of amides is 1. The number of carboxylic acid groups (broad SMARTS) is 1. The summed E-state index contributed by atoms with van der Waals surface area (Å²) >= 11 is 3.37. The summed E-state index contributed by atoms with van der Waals surface area (Å²) in [6, 6.07) is 4.62. The van der Waals surface area contributed by atoms with E-state index in [1.807, 2.05) is 6.07 Å². The van der Waals surface area contributed by atoms with Crippen LogP contribution in [0.15, 0.2) is 60.0 Å². The van der Waals surface area contributed by atoms with Crippen LogP contribution in [0.5, 0.6) is 46.3 Å². The van der Waals surface area contributed by atoms with Gasteiger partial charge in [-0.1, -0.05) is 20.8 Å². The van der Waals surface area contributed by atoms with Crippen molar-refractivity contribution in [1.29, 1.82) is 0 Å². The number of aromatic carboxylic acids is 1. The summed E-state index contributed by atoms with van der Waals surface area (Å²) in [5.74, 6) is 2.86. The Labute approximate surface area is 364 Å². The quantitative estimate of drug-likeness (QED) is 0.0695. The number of rotatable bonds is 14. The van der Waals surface area contributed by atoms with Gasteiger partial charge in [-0.15, -0.1) is 0 Å². The van der Waals surface area contributed by atoms with E-state index in [4.69, 9.17) is 51.7 Å². The van der Waals surface area contributed by atoms with Crippen molar-refractivity contribution in [3.63, 3.8) is 0 Å². The number of halogens is 1. The smallest absolute Gasteiger partial charge is 0.341 e. The predicted octanol–water partition coefficient (Wildman–Crippen LogP) is 5.88. The monoisotopic (exact) mass is 916 g/mol. The Hall–Kier alpha value is -7.69. The van der Waals surface area contributed by atoms with Crippen molar-refractivity contribution in [2.45, 2.75) is 47.0 Å². The van der Waals surface area contributed by atoms with Crippen molar-refractivity contribution in [2.24, 2.45) is 5.73 Å². The molecule has 6 aromatic rings. The number of nitrogens with zero attached hydrogens (tertiary/aromatic N) is 9. The van der Waals surface area contributed by atoms with E-state index in [-0.39, 0.29) is 69.4 Å². The van der Waals surface area contributed by atoms with Crippen LogP contribution in [0, 0.1) is 13.8 Å². The first-order valence-corrected chi connectivity index (χ1v) is 19.2. The van der Waals surface area contributed by atoms with Crippen molar-refractivity contribution in [2.75, 3.05) is 43.3 Å². The SMILES string of the molecule is CCCNc1nc(N)ncc1Oc1cc(Br)ncc1C(C)C.COc1cc(Oc2cnc(C)nc2N)c(C(=O)O)cn1.COc1cc(Oc2cnc(C)nc2N)c(C(N)=O)cn1. The van der Waals surface area contributed by atoms with E-state index in [0.717, 1.165) is 30.5 Å². The summed E-state index contributed by atoms with van der Waals surface area (Å²) < 4.78 is 27.6. The highest BCUT2D eigenvalue weighted by molar-refractivity contribution is 9.10. The van der Waals surface area contributed by atoms with Crippen molar-refractivity contribution in [1.82, 2.24) is 44.9 Å². The molecule has 0 spiro atoms. The minimum absolute atomic E-state index is 0.0449. The van der Waals surface area contributed by atoms with Crippen LogP contribution in [-0.4, -0.2) is 82.6 Å². The third-order valence-corrected chi connectivity index (χ3v) is 8.30. The van der Waals surface area contributed by atoms with Crippen LogP contribution < -0.4 is 51.9 Å². The Morgan fingerprint density at radius 2 is 1.21 bits per heavy atom. The first kappa shape index (κ1) is 47.0. The van der Waals surface area contributed by atoms with Crippen LogP contribution in [0.4, 0.5) is 23.4 Å². The molecule has 6 rings (SSSR count). The molecular formula is C39H45BrN14O8. The fraction of sp³-hybridized carbons (Fsp3) is 0.256. The molecule has 326 valence electrons. The molecular weight excluding hydrogens is 872 g/mol. The zero-order chi connectivity index (χ0) is 45.5. The fourth-order valence-electron chi connectivity index (χ4n) is 4.82. The number of anilines is 4. The molecule has 0 radical (unpaired) electrons. The number of nitrogen functional groups attached to an aromatic ring is 3. The van der Waals surface area contributed by atoms with E-state index in [0.29, 0.717) is 27.8 Å². The highest BCUT2D eigenvalue weighted by Crippen LogP contribution is 2.35. The molecule has 0 atom stereocenters. The van der Waals surface area contributed by atoms with Gasteiger partial charge in [0.05, 0.1) is 32.8 Å². The van der Waals surface area contributed by atoms with Gasteiger partial charge in [-0.2, -0.15) is 4.98 Å². The van der Waals surface area contributed by atoms with Crippen LogP contribution in [-0.2, 0) is 0 Å². The van der Waals surface area contributed by atoms with Gasteiger partial charge < -0.3 is 57.0 Å². The molecule has 0 saturated heterocycles. The molecule has 0 aliphatic carbocycles. The second-order valence-corrected chi connectivity index (χ2v) is 13.6. The Bertz CT molecular complexity index is 2400. The van der Waals surface area contributed by atoms with Gasteiger partial charge in [-0.3, -0.25) is 4.79 Å². The molecule has 1 amide bonds. The largest absolute Gasteiger partial charge is 0.481 e. The molecule has 23 heteroatoms. The minimum atomic E-state index is -1.18. The van der Waals surface area contributed by atoms with Crippen molar-refractivity contribution in [3.05, 3.63) is 88.3 Å². The number of nitrogens with one attached hydrogen (secondary N) is 1. The summed E-state index contributed by atoms with van der Waals surface area (Å²) in [6.07, 6.45) is 9.55. The van der Waals surface area contributed by atoms with Gasteiger partial charge in [-0.25, -0.2) is 44.7 Å². The van der Waals surface area contributed by atoms with E-state index >= 15 is 0 Å². The highest BCUT2D eigenvalue weighted by atomic mass is 79.9. The molecule has 0 saturated carbocycles. The number of methoxy groups -OCH3 is 2. The van der Waals surface area contributed by atoms with Crippen molar-refractivity contribution < 1.29 is 38.4 Å². The lowest BCUT2D eigenvalue weighted by Crippen LogP contribution is -2.13. The number of pyridine rings is 3. The molecule has 6 heterocycles. The lowest BCUT2D eigenvalue weighted by atomic mass is 10.1. The minimum Gasteiger partial charge on any atom is -0.481 e. The Kier molecular flexibility index (Phi) is 16.7. The molecule has 0 unspecified atom stereocenters. The highest BCUT2D eigenvalue weighted by Gasteiger charge is 2.18. The first-order chi connectivity index (χ1) is 29.5. The number of carbonyl (C=O) groups is 2. The molecule has 10 N–H and O–H groups in total. The second kappa shape index (κ2) is 22.1. The van der Waals surface area contributed by atoms with Crippen molar-refractivity contribution >= 4 is 51.2 Å². The van der Waals surface area contributed by atoms with Crippen LogP contribution in [0.1, 0.15) is 71.0 Å². The zero-order valence-corrected chi connectivity index (χ0v) is 36.3. The number of hydrogen-bond donors (Lipinski definition) is 6. The number of carboxylic acids is 1. The van der Waals surface area contributed by atoms with Crippen LogP contribution in [0.25, 0.3) is 0 Å². The van der Waals surface area contributed by atoms with E-state index in [2.05, 4.69) is 86.9 Å². The number of carbonyl (C=O) groups excluding carboxylic acids is 1. The van der Waals surface area contributed by atoms with E-state index in [9.17, 15) is 9.59 Å². The molecule has 0 aromatic carbocycles. The van der Waals surface area contributed by atoms with Gasteiger partial charge in [0.1, 0.15) is 44.6 Å². The summed E-state index contributed by atoms with van der Waals surface area (Å²) in [5.41, 5.74) is 23.3. The zero-order valence-electron chi connectivity index (χ0n) is 34.7. The van der Waals surface area contributed by atoms with E-state index < -0.39 is 11.9 Å². The fourth-order valence-corrected chi connectivity index (χ4v) is 5.13. The third-order valence-electron chi connectivity index (χ3n) is 7.86. The number of aryl methyl sites for hydroxylation is 2. The van der Waals surface area contributed by atoms with Crippen LogP contribution in [0.2, 0.25) is 0 Å². The molecule has 0 bridgehead atoms. The van der Waals surface area contributed by atoms with Gasteiger partial charge in [0.15, 0.2) is 34.7 Å². The Morgan fingerprint density at radius 1 is 0.694 bits per heavy atom. The van der Waals surface area contributed by atoms with Gasteiger partial charge in [-0.05, 0) is 42.1 Å². The summed E-state index contributed by atoms with van der Waals surface area (Å²) in [4.78, 5) is 58.5. The molecule has 0 aliphatic heterocycles.